The third kappa shape index (κ3) is 5.53. The zero-order valence-corrected chi connectivity index (χ0v) is 34.4. The monoisotopic (exact) mass is 756 g/mol. The molecule has 0 saturated carbocycles. The number of hydrogen-bond acceptors (Lipinski definition) is 1. The molecule has 0 spiro atoms. The van der Waals surface area contributed by atoms with E-state index in [9.17, 15) is 0 Å². The fraction of sp³-hybridized carbons (Fsp3) is 0.103. The minimum Gasteiger partial charge on any atom is -0.455 e. The van der Waals surface area contributed by atoms with Gasteiger partial charge in [0.25, 0.3) is 0 Å². The lowest BCUT2D eigenvalue weighted by molar-refractivity contribution is 0.670. The normalized spacial score (nSPS) is 11.9. The average molecular weight is 757 g/mol. The van der Waals surface area contributed by atoms with Crippen molar-refractivity contribution in [2.45, 2.75) is 41.5 Å². The van der Waals surface area contributed by atoms with E-state index in [1.54, 1.807) is 0 Å². The van der Waals surface area contributed by atoms with Gasteiger partial charge >= 0.3 is 0 Å². The molecular weight excluding hydrogens is 713 g/mol. The molecule has 0 bridgehead atoms. The first kappa shape index (κ1) is 35.2. The lowest BCUT2D eigenvalue weighted by Crippen LogP contribution is -1.96. The van der Waals surface area contributed by atoms with Crippen molar-refractivity contribution in [1.82, 2.24) is 0 Å². The van der Waals surface area contributed by atoms with Crippen LogP contribution >= 0.6 is 0 Å². The van der Waals surface area contributed by atoms with Crippen molar-refractivity contribution in [3.8, 4) is 55.6 Å². The molecule has 0 aliphatic carbocycles. The topological polar surface area (TPSA) is 13.1 Å². The molecule has 1 aromatic heterocycles. The van der Waals surface area contributed by atoms with Crippen LogP contribution in [0.5, 0.6) is 0 Å². The molecule has 282 valence electrons. The van der Waals surface area contributed by atoms with Gasteiger partial charge in [-0.1, -0.05) is 156 Å². The average Bonchev–Trinajstić information content (AvgIpc) is 3.62. The summed E-state index contributed by atoms with van der Waals surface area (Å²) in [7, 11) is 0. The summed E-state index contributed by atoms with van der Waals surface area (Å²) < 4.78 is 6.47. The molecule has 0 atom stereocenters. The van der Waals surface area contributed by atoms with E-state index in [1.807, 2.05) is 6.07 Å². The van der Waals surface area contributed by atoms with Gasteiger partial charge in [-0.3, -0.25) is 0 Å². The van der Waals surface area contributed by atoms with Crippen LogP contribution in [-0.2, 0) is 0 Å². The van der Waals surface area contributed by atoms with E-state index in [4.69, 9.17) is 4.42 Å². The fourth-order valence-corrected chi connectivity index (χ4v) is 10.1. The number of fused-ring (bicyclic) bond motifs is 3. The molecule has 59 heavy (non-hydrogen) atoms. The van der Waals surface area contributed by atoms with E-state index in [0.717, 1.165) is 33.1 Å². The SMILES string of the molecule is Cc1ccc(-c2cc(-c3ccc(-c4cccc5c4oc4ccccc45)cc3)c3ccc4c(-c5ccc(C)cc5C)cc(-c5ccc(C)cc5C)c5ccc2c3c45)c(C)c1. The van der Waals surface area contributed by atoms with E-state index in [0.29, 0.717) is 0 Å². The number of aryl methyl sites for hydroxylation is 6. The van der Waals surface area contributed by atoms with E-state index < -0.39 is 0 Å². The molecular formula is C58H44O. The van der Waals surface area contributed by atoms with Crippen molar-refractivity contribution in [2.75, 3.05) is 0 Å². The minimum atomic E-state index is 0.917. The standard InChI is InChI=1S/C58H44O/c1-33-14-21-41(36(4)28-33)52-31-51(40-19-17-39(18-20-40)44-11-9-12-50-45-10-7-8-13-55(45)59-58(44)50)46-24-25-48-53(42-22-15-34(2)29-37(42)5)32-54(43-23-16-35(3)30-38(43)6)49-27-26-47(52)56(46)57(48)49/h7-32H,1-6H3. The number of furan rings is 1. The van der Waals surface area contributed by atoms with Crippen LogP contribution < -0.4 is 0 Å². The summed E-state index contributed by atoms with van der Waals surface area (Å²) in [4.78, 5) is 0. The Morgan fingerprint density at radius 2 is 0.712 bits per heavy atom. The molecule has 11 aromatic rings. The third-order valence-corrected chi connectivity index (χ3v) is 12.8. The van der Waals surface area contributed by atoms with Crippen molar-refractivity contribution >= 4 is 54.3 Å². The fourth-order valence-electron chi connectivity index (χ4n) is 10.1. The molecule has 1 heteroatoms. The van der Waals surface area contributed by atoms with Crippen LogP contribution in [0, 0.1) is 41.5 Å². The number of hydrogen-bond donors (Lipinski definition) is 0. The lowest BCUT2D eigenvalue weighted by atomic mass is 9.80. The van der Waals surface area contributed by atoms with E-state index in [1.165, 1.54) is 110 Å². The van der Waals surface area contributed by atoms with Gasteiger partial charge < -0.3 is 4.42 Å². The molecule has 1 nitrogen and oxygen atoms in total. The minimum absolute atomic E-state index is 0.917. The Hall–Kier alpha value is -6.96. The summed E-state index contributed by atoms with van der Waals surface area (Å²) in [5, 5.41) is 10.1. The van der Waals surface area contributed by atoms with Crippen molar-refractivity contribution in [3.05, 3.63) is 191 Å². The maximum absolute atomic E-state index is 6.47. The Morgan fingerprint density at radius 3 is 1.20 bits per heavy atom. The van der Waals surface area contributed by atoms with Crippen molar-refractivity contribution in [1.29, 1.82) is 0 Å². The summed E-state index contributed by atoms with van der Waals surface area (Å²) >= 11 is 0. The van der Waals surface area contributed by atoms with E-state index in [2.05, 4.69) is 193 Å². The van der Waals surface area contributed by atoms with Gasteiger partial charge in [0.1, 0.15) is 11.2 Å². The molecule has 10 aromatic carbocycles. The lowest BCUT2D eigenvalue weighted by Gasteiger charge is -2.23. The first-order chi connectivity index (χ1) is 28.7. The van der Waals surface area contributed by atoms with Gasteiger partial charge in [-0.25, -0.2) is 0 Å². The molecule has 1 heterocycles. The summed E-state index contributed by atoms with van der Waals surface area (Å²) in [5.41, 5.74) is 21.9. The summed E-state index contributed by atoms with van der Waals surface area (Å²) in [6.45, 7) is 13.3. The van der Waals surface area contributed by atoms with Gasteiger partial charge in [0.05, 0.1) is 0 Å². The largest absolute Gasteiger partial charge is 0.455 e. The van der Waals surface area contributed by atoms with Crippen LogP contribution in [0.25, 0.3) is 110 Å². The first-order valence-electron chi connectivity index (χ1n) is 20.7. The van der Waals surface area contributed by atoms with Gasteiger partial charge in [0.15, 0.2) is 0 Å². The summed E-state index contributed by atoms with van der Waals surface area (Å²) in [6.07, 6.45) is 0. The van der Waals surface area contributed by atoms with Crippen LogP contribution in [0.4, 0.5) is 0 Å². The quantitative estimate of drug-likeness (QED) is 0.159. The Balaban J connectivity index is 1.22. The second-order valence-corrected chi connectivity index (χ2v) is 16.8. The number of para-hydroxylation sites is 2. The molecule has 0 N–H and O–H groups in total. The predicted octanol–water partition coefficient (Wildman–Crippen LogP) is 16.7. The van der Waals surface area contributed by atoms with Gasteiger partial charge in [0, 0.05) is 16.3 Å². The molecule has 11 rings (SSSR count). The third-order valence-electron chi connectivity index (χ3n) is 12.8. The summed E-state index contributed by atoms with van der Waals surface area (Å²) in [5.74, 6) is 0. The highest BCUT2D eigenvalue weighted by Crippen LogP contribution is 2.50. The van der Waals surface area contributed by atoms with Crippen molar-refractivity contribution in [3.63, 3.8) is 0 Å². The van der Waals surface area contributed by atoms with Crippen LogP contribution in [0.3, 0.4) is 0 Å². The predicted molar refractivity (Wildman–Crippen MR) is 253 cm³/mol. The zero-order chi connectivity index (χ0) is 40.1. The highest BCUT2D eigenvalue weighted by molar-refractivity contribution is 6.32. The van der Waals surface area contributed by atoms with Crippen LogP contribution in [0.15, 0.2) is 162 Å². The Morgan fingerprint density at radius 1 is 0.288 bits per heavy atom. The molecule has 0 radical (unpaired) electrons. The number of benzene rings is 10. The van der Waals surface area contributed by atoms with E-state index in [-0.39, 0.29) is 0 Å². The molecule has 0 fully saturated rings. The zero-order valence-electron chi connectivity index (χ0n) is 34.4. The Labute approximate surface area is 345 Å². The number of rotatable bonds is 5. The molecule has 0 saturated heterocycles. The van der Waals surface area contributed by atoms with E-state index >= 15 is 0 Å². The Bertz CT molecular complexity index is 3410. The van der Waals surface area contributed by atoms with Crippen molar-refractivity contribution < 1.29 is 4.42 Å². The van der Waals surface area contributed by atoms with Gasteiger partial charge in [0.2, 0.25) is 0 Å². The van der Waals surface area contributed by atoms with Crippen molar-refractivity contribution in [2.24, 2.45) is 0 Å². The molecule has 0 unspecified atom stereocenters. The second kappa shape index (κ2) is 13.3. The first-order valence-corrected chi connectivity index (χ1v) is 20.7. The van der Waals surface area contributed by atoms with Gasteiger partial charge in [-0.2, -0.15) is 0 Å². The van der Waals surface area contributed by atoms with Gasteiger partial charge in [-0.15, -0.1) is 0 Å². The molecule has 0 aliphatic rings. The second-order valence-electron chi connectivity index (χ2n) is 16.8. The highest BCUT2D eigenvalue weighted by Gasteiger charge is 2.23. The molecule has 0 amide bonds. The van der Waals surface area contributed by atoms with Gasteiger partial charge in [-0.05, 0) is 159 Å². The van der Waals surface area contributed by atoms with Crippen LogP contribution in [-0.4, -0.2) is 0 Å². The van der Waals surface area contributed by atoms with Crippen LogP contribution in [0.1, 0.15) is 33.4 Å². The molecule has 0 aliphatic heterocycles. The Kier molecular flexibility index (Phi) is 7.94. The maximum Gasteiger partial charge on any atom is 0.143 e. The smallest absolute Gasteiger partial charge is 0.143 e. The summed E-state index contributed by atoms with van der Waals surface area (Å²) in [6, 6.07) is 59.1. The maximum atomic E-state index is 6.47. The highest BCUT2D eigenvalue weighted by atomic mass is 16.3. The van der Waals surface area contributed by atoms with Crippen LogP contribution in [0.2, 0.25) is 0 Å².